The lowest BCUT2D eigenvalue weighted by Crippen LogP contribution is -2.54. The Bertz CT molecular complexity index is 751. The van der Waals surface area contributed by atoms with Gasteiger partial charge in [0.05, 0.1) is 22.9 Å². The summed E-state index contributed by atoms with van der Waals surface area (Å²) in [7, 11) is 1.57. The number of likely N-dealkylation sites (tertiary alicyclic amines) is 1. The summed E-state index contributed by atoms with van der Waals surface area (Å²) in [5.74, 6) is -0.526. The van der Waals surface area contributed by atoms with E-state index in [1.165, 1.54) is 22.7 Å². The maximum absolute atomic E-state index is 12.2. The van der Waals surface area contributed by atoms with Gasteiger partial charge in [0, 0.05) is 25.5 Å². The van der Waals surface area contributed by atoms with Crippen LogP contribution < -0.4 is 10.6 Å². The van der Waals surface area contributed by atoms with Crippen molar-refractivity contribution in [1.82, 2.24) is 15.2 Å². The molecule has 2 N–H and O–H groups in total. The van der Waals surface area contributed by atoms with Crippen molar-refractivity contribution >= 4 is 45.5 Å². The van der Waals surface area contributed by atoms with Gasteiger partial charge in [0.1, 0.15) is 0 Å². The van der Waals surface area contributed by atoms with Gasteiger partial charge in [-0.15, -0.1) is 22.7 Å². The molecule has 126 valence electrons. The van der Waals surface area contributed by atoms with Gasteiger partial charge in [-0.1, -0.05) is 6.07 Å². The Kier molecular flexibility index (Phi) is 4.91. The van der Waals surface area contributed by atoms with Crippen LogP contribution in [0, 0.1) is 5.92 Å². The Morgan fingerprint density at radius 2 is 2.12 bits per heavy atom. The Labute approximate surface area is 146 Å². The average molecular weight is 364 g/mol. The van der Waals surface area contributed by atoms with Gasteiger partial charge in [-0.05, 0) is 11.4 Å². The molecule has 1 saturated heterocycles. The van der Waals surface area contributed by atoms with E-state index in [-0.39, 0.29) is 30.1 Å². The van der Waals surface area contributed by atoms with E-state index < -0.39 is 0 Å². The largest absolute Gasteiger partial charge is 0.359 e. The number of carbonyl (C=O) groups excluding carboxylic acids is 3. The summed E-state index contributed by atoms with van der Waals surface area (Å²) in [5, 5.41) is 9.36. The van der Waals surface area contributed by atoms with Crippen molar-refractivity contribution in [2.75, 3.05) is 25.5 Å². The topological polar surface area (TPSA) is 91.4 Å². The number of nitrogens with one attached hydrogen (secondary N) is 2. The maximum Gasteiger partial charge on any atom is 0.263 e. The molecule has 24 heavy (non-hydrogen) atoms. The molecule has 0 aromatic carbocycles. The van der Waals surface area contributed by atoms with Crippen molar-refractivity contribution in [3.63, 3.8) is 0 Å². The third kappa shape index (κ3) is 3.62. The number of rotatable bonds is 5. The summed E-state index contributed by atoms with van der Waals surface area (Å²) in [4.78, 5) is 42.2. The average Bonchev–Trinajstić information content (AvgIpc) is 3.17. The van der Waals surface area contributed by atoms with E-state index in [0.29, 0.717) is 28.8 Å². The summed E-state index contributed by atoms with van der Waals surface area (Å²) in [6.45, 7) is 0.831. The fourth-order valence-electron chi connectivity index (χ4n) is 2.27. The van der Waals surface area contributed by atoms with Crippen LogP contribution in [0.2, 0.25) is 0 Å². The lowest BCUT2D eigenvalue weighted by molar-refractivity contribution is -0.123. The minimum atomic E-state index is -0.222. The number of thiazole rings is 1. The van der Waals surface area contributed by atoms with Crippen LogP contribution in [-0.2, 0) is 16.0 Å². The monoisotopic (exact) mass is 364 g/mol. The highest BCUT2D eigenvalue weighted by molar-refractivity contribution is 7.14. The van der Waals surface area contributed by atoms with Gasteiger partial charge >= 0.3 is 0 Å². The van der Waals surface area contributed by atoms with E-state index in [4.69, 9.17) is 0 Å². The van der Waals surface area contributed by atoms with Crippen LogP contribution >= 0.6 is 22.7 Å². The summed E-state index contributed by atoms with van der Waals surface area (Å²) >= 11 is 2.68. The third-order valence-electron chi connectivity index (χ3n) is 3.67. The van der Waals surface area contributed by atoms with Gasteiger partial charge in [-0.25, -0.2) is 4.98 Å². The number of thiophene rings is 1. The molecule has 0 aliphatic carbocycles. The molecule has 2 aromatic heterocycles. The molecule has 0 spiro atoms. The summed E-state index contributed by atoms with van der Waals surface area (Å²) in [5.41, 5.74) is 0.623. The van der Waals surface area contributed by atoms with Crippen LogP contribution in [0.1, 0.15) is 15.4 Å². The quantitative estimate of drug-likeness (QED) is 0.834. The molecule has 0 bridgehead atoms. The molecule has 7 nitrogen and oxygen atoms in total. The summed E-state index contributed by atoms with van der Waals surface area (Å²) in [6.07, 6.45) is 0.190. The SMILES string of the molecule is CNC(=O)Cc1csc(NC(=O)C2CN(C(=O)c3cccs3)C2)n1. The van der Waals surface area contributed by atoms with Crippen molar-refractivity contribution < 1.29 is 14.4 Å². The van der Waals surface area contributed by atoms with E-state index >= 15 is 0 Å². The normalized spacial score (nSPS) is 14.1. The van der Waals surface area contributed by atoms with Crippen molar-refractivity contribution in [1.29, 1.82) is 0 Å². The first-order valence-electron chi connectivity index (χ1n) is 7.35. The molecule has 0 radical (unpaired) electrons. The fraction of sp³-hybridized carbons (Fsp3) is 0.333. The maximum atomic E-state index is 12.2. The minimum Gasteiger partial charge on any atom is -0.359 e. The predicted octanol–water partition coefficient (Wildman–Crippen LogP) is 1.20. The molecule has 3 amide bonds. The molecular formula is C15H16N4O3S2. The second-order valence-corrected chi connectivity index (χ2v) is 7.17. The summed E-state index contributed by atoms with van der Waals surface area (Å²) < 4.78 is 0. The smallest absolute Gasteiger partial charge is 0.263 e. The first-order valence-corrected chi connectivity index (χ1v) is 9.11. The van der Waals surface area contributed by atoms with Crippen LogP contribution in [0.5, 0.6) is 0 Å². The Morgan fingerprint density at radius 1 is 1.33 bits per heavy atom. The van der Waals surface area contributed by atoms with Gasteiger partial charge in [-0.3, -0.25) is 14.4 Å². The Balaban J connectivity index is 1.49. The minimum absolute atomic E-state index is 0.0313. The zero-order chi connectivity index (χ0) is 17.1. The molecule has 1 aliphatic rings. The van der Waals surface area contributed by atoms with Crippen molar-refractivity contribution in [3.8, 4) is 0 Å². The highest BCUT2D eigenvalue weighted by atomic mass is 32.1. The van der Waals surface area contributed by atoms with E-state index in [1.807, 2.05) is 11.4 Å². The summed E-state index contributed by atoms with van der Waals surface area (Å²) in [6, 6.07) is 3.62. The molecule has 0 saturated carbocycles. The number of anilines is 1. The van der Waals surface area contributed by atoms with Crippen molar-refractivity contribution in [3.05, 3.63) is 33.5 Å². The number of nitrogens with zero attached hydrogens (tertiary/aromatic N) is 2. The van der Waals surface area contributed by atoms with Crippen LogP contribution in [0.4, 0.5) is 5.13 Å². The molecule has 2 aromatic rings. The number of likely N-dealkylation sites (N-methyl/N-ethyl adjacent to an activating group) is 1. The van der Waals surface area contributed by atoms with E-state index in [1.54, 1.807) is 23.4 Å². The second kappa shape index (κ2) is 7.10. The first kappa shape index (κ1) is 16.6. The zero-order valence-corrected chi connectivity index (χ0v) is 14.6. The molecular weight excluding hydrogens is 348 g/mol. The number of carbonyl (C=O) groups is 3. The second-order valence-electron chi connectivity index (χ2n) is 5.37. The zero-order valence-electron chi connectivity index (χ0n) is 12.9. The van der Waals surface area contributed by atoms with Gasteiger partial charge in [0.2, 0.25) is 11.8 Å². The van der Waals surface area contributed by atoms with Crippen molar-refractivity contribution in [2.24, 2.45) is 5.92 Å². The number of aromatic nitrogens is 1. The van der Waals surface area contributed by atoms with Crippen LogP contribution in [0.25, 0.3) is 0 Å². The molecule has 0 unspecified atom stereocenters. The molecule has 0 atom stereocenters. The van der Waals surface area contributed by atoms with Crippen LogP contribution in [0.15, 0.2) is 22.9 Å². The molecule has 1 aliphatic heterocycles. The lowest BCUT2D eigenvalue weighted by atomic mass is 9.99. The molecule has 3 rings (SSSR count). The van der Waals surface area contributed by atoms with Gasteiger partial charge in [-0.2, -0.15) is 0 Å². The third-order valence-corrected chi connectivity index (χ3v) is 5.34. The number of hydrogen-bond donors (Lipinski definition) is 2. The molecule has 3 heterocycles. The van der Waals surface area contributed by atoms with Gasteiger partial charge in [0.15, 0.2) is 5.13 Å². The lowest BCUT2D eigenvalue weighted by Gasteiger charge is -2.37. The highest BCUT2D eigenvalue weighted by Gasteiger charge is 2.36. The predicted molar refractivity (Wildman–Crippen MR) is 92.2 cm³/mol. The fourth-order valence-corrected chi connectivity index (χ4v) is 3.68. The van der Waals surface area contributed by atoms with E-state index in [2.05, 4.69) is 15.6 Å². The Morgan fingerprint density at radius 3 is 2.79 bits per heavy atom. The standard InChI is InChI=1S/C15H16N4O3S2/c1-16-12(20)5-10-8-24-15(17-10)18-13(21)9-6-19(7-9)14(22)11-3-2-4-23-11/h2-4,8-9H,5-7H2,1H3,(H,16,20)(H,17,18,21). The first-order chi connectivity index (χ1) is 11.6. The van der Waals surface area contributed by atoms with E-state index in [9.17, 15) is 14.4 Å². The van der Waals surface area contributed by atoms with Crippen LogP contribution in [0.3, 0.4) is 0 Å². The molecule has 1 fully saturated rings. The van der Waals surface area contributed by atoms with E-state index in [0.717, 1.165) is 0 Å². The van der Waals surface area contributed by atoms with Gasteiger partial charge in [0.25, 0.3) is 5.91 Å². The van der Waals surface area contributed by atoms with Crippen molar-refractivity contribution in [2.45, 2.75) is 6.42 Å². The Hall–Kier alpha value is -2.26. The van der Waals surface area contributed by atoms with Gasteiger partial charge < -0.3 is 15.5 Å². The molecule has 9 heteroatoms. The highest BCUT2D eigenvalue weighted by Crippen LogP contribution is 2.23. The van der Waals surface area contributed by atoms with Crippen LogP contribution in [-0.4, -0.2) is 47.7 Å². The number of hydrogen-bond acceptors (Lipinski definition) is 6. The number of amides is 3.